The third-order valence-electron chi connectivity index (χ3n) is 6.14. The Bertz CT molecular complexity index is 1140. The van der Waals surface area contributed by atoms with E-state index in [2.05, 4.69) is 11.9 Å². The van der Waals surface area contributed by atoms with E-state index >= 15 is 0 Å². The number of piperazine rings is 1. The van der Waals surface area contributed by atoms with Gasteiger partial charge in [-0.25, -0.2) is 8.42 Å². The molecule has 0 unspecified atom stereocenters. The topological polar surface area (TPSA) is 99.3 Å². The summed E-state index contributed by atoms with van der Waals surface area (Å²) in [6.07, 6.45) is -11.9. The van der Waals surface area contributed by atoms with Gasteiger partial charge in [0.15, 0.2) is 0 Å². The van der Waals surface area contributed by atoms with E-state index in [0.29, 0.717) is 22.8 Å². The number of benzene rings is 1. The molecule has 0 atom stereocenters. The molecule has 2 fully saturated rings. The van der Waals surface area contributed by atoms with Gasteiger partial charge in [-0.3, -0.25) is 0 Å². The number of nitrogen functional groups attached to an aromatic ring is 1. The zero-order chi connectivity index (χ0) is 28.4. The molecule has 0 saturated carbocycles. The zero-order valence-electron chi connectivity index (χ0n) is 20.3. The first-order valence-electron chi connectivity index (χ1n) is 11.4. The normalized spacial score (nSPS) is 18.7. The summed E-state index contributed by atoms with van der Waals surface area (Å²) >= 11 is 0.920. The molecule has 2 aliphatic rings. The highest BCUT2D eigenvalue weighted by Gasteiger charge is 2.71. The van der Waals surface area contributed by atoms with Gasteiger partial charge in [0.05, 0.1) is 18.2 Å². The monoisotopic (exact) mass is 590 g/mol. The first-order valence-corrected chi connectivity index (χ1v) is 13.7. The molecule has 2 aromatic rings. The average Bonchev–Trinajstić information content (AvgIpc) is 3.30. The number of hydrogen-bond acceptors (Lipinski definition) is 8. The van der Waals surface area contributed by atoms with Gasteiger partial charge in [0.2, 0.25) is 0 Å². The van der Waals surface area contributed by atoms with Gasteiger partial charge in [-0.1, -0.05) is 12.1 Å². The summed E-state index contributed by atoms with van der Waals surface area (Å²) in [6, 6.07) is 6.05. The maximum absolute atomic E-state index is 13.0. The number of halogens is 6. The predicted octanol–water partition coefficient (Wildman–Crippen LogP) is 3.10. The highest BCUT2D eigenvalue weighted by atomic mass is 32.2. The summed E-state index contributed by atoms with van der Waals surface area (Å²) in [6.45, 7) is 4.49. The number of hydrogen-bond donors (Lipinski definition) is 2. The van der Waals surface area contributed by atoms with Crippen LogP contribution in [0.25, 0.3) is 0 Å². The van der Waals surface area contributed by atoms with Crippen molar-refractivity contribution in [2.75, 3.05) is 70.2 Å². The van der Waals surface area contributed by atoms with Crippen LogP contribution in [0.2, 0.25) is 0 Å². The number of aliphatic hydroxyl groups is 1. The second kappa shape index (κ2) is 11.6. The van der Waals surface area contributed by atoms with Gasteiger partial charge in [-0.2, -0.15) is 30.6 Å². The minimum atomic E-state index is -5.96. The van der Waals surface area contributed by atoms with Crippen molar-refractivity contribution < 1.29 is 44.6 Å². The molecular formula is C22H28F6N4O4S2. The van der Waals surface area contributed by atoms with Gasteiger partial charge in [0.25, 0.3) is 15.6 Å². The van der Waals surface area contributed by atoms with E-state index in [1.54, 1.807) is 4.90 Å². The van der Waals surface area contributed by atoms with Crippen LogP contribution in [0.5, 0.6) is 0 Å². The van der Waals surface area contributed by atoms with E-state index in [-0.39, 0.29) is 30.4 Å². The quantitative estimate of drug-likeness (QED) is 0.528. The van der Waals surface area contributed by atoms with Crippen LogP contribution >= 0.6 is 11.3 Å². The predicted molar refractivity (Wildman–Crippen MR) is 130 cm³/mol. The second-order valence-corrected chi connectivity index (χ2v) is 12.0. The summed E-state index contributed by atoms with van der Waals surface area (Å²) in [5.41, 5.74) is -0.479. The number of nitrogens with zero attached hydrogens (tertiary/aromatic N) is 3. The van der Waals surface area contributed by atoms with Crippen molar-refractivity contribution in [2.45, 2.75) is 22.2 Å². The Kier molecular flexibility index (Phi) is 9.25. The van der Waals surface area contributed by atoms with Crippen LogP contribution in [-0.2, 0) is 20.4 Å². The van der Waals surface area contributed by atoms with E-state index in [0.717, 1.165) is 49.8 Å². The second-order valence-electron chi connectivity index (χ2n) is 8.72. The Morgan fingerprint density at radius 3 is 1.79 bits per heavy atom. The number of rotatable bonds is 4. The first kappa shape index (κ1) is 30.4. The number of thiophene rings is 1. The highest BCUT2D eigenvalue weighted by molar-refractivity contribution is 7.91. The molecule has 0 bridgehead atoms. The van der Waals surface area contributed by atoms with Crippen molar-refractivity contribution in [3.63, 3.8) is 0 Å². The molecule has 8 nitrogen and oxygen atoms in total. The molecule has 3 N–H and O–H groups in total. The van der Waals surface area contributed by atoms with Gasteiger partial charge in [0, 0.05) is 50.5 Å². The number of morpholine rings is 1. The standard InChI is InChI=1S/C17H17F6N3O3S2.C5H11NO/c18-16(19,20)15(27,17(21,22)23)11-1-3-12(4-2-11)25-7-9-26(10-8-25)31(28,29)14-6-5-13(24)30-14;1-6-2-4-7-5-3-6/h1-6,27H,7-10,24H2;2-5H2,1H3. The fourth-order valence-corrected chi connectivity index (χ4v) is 6.51. The van der Waals surface area contributed by atoms with Crippen LogP contribution in [-0.4, -0.2) is 94.6 Å². The van der Waals surface area contributed by atoms with Crippen LogP contribution in [0.3, 0.4) is 0 Å². The van der Waals surface area contributed by atoms with Crippen molar-refractivity contribution in [3.8, 4) is 0 Å². The molecule has 0 amide bonds. The summed E-state index contributed by atoms with van der Waals surface area (Å²) in [7, 11) is -1.63. The van der Waals surface area contributed by atoms with Crippen LogP contribution in [0.4, 0.5) is 37.0 Å². The maximum Gasteiger partial charge on any atom is 0.430 e. The van der Waals surface area contributed by atoms with Gasteiger partial charge in [0.1, 0.15) is 4.21 Å². The molecule has 4 rings (SSSR count). The zero-order valence-corrected chi connectivity index (χ0v) is 21.9. The summed E-state index contributed by atoms with van der Waals surface area (Å²) in [4.78, 5) is 3.89. The Morgan fingerprint density at radius 2 is 1.39 bits per heavy atom. The minimum absolute atomic E-state index is 0.0664. The molecule has 0 aliphatic carbocycles. The lowest BCUT2D eigenvalue weighted by Crippen LogP contribution is -2.54. The molecule has 16 heteroatoms. The number of nitrogens with two attached hydrogens (primary N) is 1. The van der Waals surface area contributed by atoms with Crippen LogP contribution in [0.1, 0.15) is 5.56 Å². The van der Waals surface area contributed by atoms with Crippen molar-refractivity contribution in [1.82, 2.24) is 9.21 Å². The fourth-order valence-electron chi connectivity index (χ4n) is 3.84. The Morgan fingerprint density at radius 1 is 0.868 bits per heavy atom. The lowest BCUT2D eigenvalue weighted by atomic mass is 9.92. The third kappa shape index (κ3) is 6.54. The summed E-state index contributed by atoms with van der Waals surface area (Å²) in [5, 5.41) is 9.79. The maximum atomic E-state index is 13.0. The summed E-state index contributed by atoms with van der Waals surface area (Å²) < 4.78 is 110. The average molecular weight is 591 g/mol. The van der Waals surface area contributed by atoms with Crippen molar-refractivity contribution in [3.05, 3.63) is 42.0 Å². The smallest absolute Gasteiger partial charge is 0.391 e. The number of ether oxygens (including phenoxy) is 1. The fraction of sp³-hybridized carbons (Fsp3) is 0.545. The van der Waals surface area contributed by atoms with Crippen LogP contribution in [0, 0.1) is 0 Å². The molecule has 38 heavy (non-hydrogen) atoms. The largest absolute Gasteiger partial charge is 0.430 e. The molecule has 2 saturated heterocycles. The van der Waals surface area contributed by atoms with Gasteiger partial charge in [-0.15, -0.1) is 11.3 Å². The van der Waals surface area contributed by atoms with E-state index in [1.165, 1.54) is 16.4 Å². The van der Waals surface area contributed by atoms with E-state index < -0.39 is 33.5 Å². The lowest BCUT2D eigenvalue weighted by molar-refractivity contribution is -0.376. The van der Waals surface area contributed by atoms with Gasteiger partial charge >= 0.3 is 12.4 Å². The molecule has 2 aliphatic heterocycles. The molecule has 1 aromatic carbocycles. The van der Waals surface area contributed by atoms with Crippen LogP contribution < -0.4 is 10.6 Å². The van der Waals surface area contributed by atoms with E-state index in [4.69, 9.17) is 10.5 Å². The third-order valence-corrected chi connectivity index (χ3v) is 9.42. The highest BCUT2D eigenvalue weighted by Crippen LogP contribution is 2.50. The Labute approximate surface area is 220 Å². The molecular weight excluding hydrogens is 562 g/mol. The molecule has 1 aromatic heterocycles. The summed E-state index contributed by atoms with van der Waals surface area (Å²) in [5.74, 6) is 0. The van der Waals surface area contributed by atoms with E-state index in [1.807, 2.05) is 0 Å². The number of alkyl halides is 6. The van der Waals surface area contributed by atoms with E-state index in [9.17, 15) is 39.9 Å². The van der Waals surface area contributed by atoms with Crippen LogP contribution in [0.15, 0.2) is 40.6 Å². The van der Waals surface area contributed by atoms with Gasteiger partial charge < -0.3 is 25.4 Å². The van der Waals surface area contributed by atoms with Gasteiger partial charge in [-0.05, 0) is 31.3 Å². The number of likely N-dealkylation sites (N-methyl/N-ethyl adjacent to an activating group) is 1. The Hall–Kier alpha value is -2.11. The SMILES string of the molecule is CN1CCOCC1.Nc1ccc(S(=O)(=O)N2CCN(c3ccc(C(O)(C(F)(F)F)C(F)(F)F)cc3)CC2)s1. The molecule has 0 radical (unpaired) electrons. The minimum Gasteiger partial charge on any atom is -0.391 e. The first-order chi connectivity index (χ1) is 17.6. The lowest BCUT2D eigenvalue weighted by Gasteiger charge is -2.36. The molecule has 0 spiro atoms. The molecule has 214 valence electrons. The number of sulfonamides is 1. The molecule has 3 heterocycles. The van der Waals surface area contributed by atoms with Crippen molar-refractivity contribution in [2.24, 2.45) is 0 Å². The Balaban J connectivity index is 0.000000494. The van der Waals surface area contributed by atoms with Crippen molar-refractivity contribution >= 4 is 32.0 Å². The number of anilines is 2. The van der Waals surface area contributed by atoms with Crippen molar-refractivity contribution in [1.29, 1.82) is 0 Å².